The maximum Gasteiger partial charge on any atom is 0.322 e. The summed E-state index contributed by atoms with van der Waals surface area (Å²) in [4.78, 5) is 14.4. The summed E-state index contributed by atoms with van der Waals surface area (Å²) in [6.07, 6.45) is 0. The van der Waals surface area contributed by atoms with Crippen molar-refractivity contribution >= 4 is 23.3 Å². The van der Waals surface area contributed by atoms with Crippen LogP contribution in [0.3, 0.4) is 0 Å². The molecule has 0 heterocycles. The Morgan fingerprint density at radius 3 is 2.17 bits per heavy atom. The fourth-order valence-electron chi connectivity index (χ4n) is 2.44. The maximum atomic E-state index is 12.7. The Morgan fingerprint density at radius 2 is 1.65 bits per heavy atom. The molecule has 2 rings (SSSR count). The van der Waals surface area contributed by atoms with Crippen LogP contribution in [0.15, 0.2) is 48.5 Å². The van der Waals surface area contributed by atoms with E-state index in [9.17, 15) is 4.79 Å². The predicted octanol–water partition coefficient (Wildman–Crippen LogP) is 5.12. The summed E-state index contributed by atoms with van der Waals surface area (Å²) in [5, 5.41) is 3.79. The van der Waals surface area contributed by atoms with Crippen LogP contribution in [0.25, 0.3) is 0 Å². The first-order chi connectivity index (χ1) is 10.8. The van der Waals surface area contributed by atoms with Crippen LogP contribution in [0, 0.1) is 6.92 Å². The molecule has 122 valence electrons. The van der Waals surface area contributed by atoms with Gasteiger partial charge in [0.25, 0.3) is 0 Å². The number of hydrogen-bond acceptors (Lipinski definition) is 1. The number of benzene rings is 2. The summed E-state index contributed by atoms with van der Waals surface area (Å²) >= 11 is 5.94. The Kier molecular flexibility index (Phi) is 5.32. The normalized spacial score (nSPS) is 11.2. The number of rotatable bonds is 4. The standard InChI is InChI=1S/C19H23ClN2O/c1-5-22(17-12-6-14(2)7-13-17)18(23)21-19(3,4)15-8-10-16(20)11-9-15/h6-13H,5H2,1-4H3,(H,21,23). The van der Waals surface area contributed by atoms with Gasteiger partial charge in [-0.1, -0.05) is 41.4 Å². The van der Waals surface area contributed by atoms with Crippen molar-refractivity contribution in [3.8, 4) is 0 Å². The molecule has 3 nitrogen and oxygen atoms in total. The van der Waals surface area contributed by atoms with Crippen molar-refractivity contribution in [1.82, 2.24) is 5.32 Å². The third-order valence-electron chi connectivity index (χ3n) is 3.89. The Morgan fingerprint density at radius 1 is 1.09 bits per heavy atom. The minimum atomic E-state index is -0.486. The van der Waals surface area contributed by atoms with Gasteiger partial charge in [0, 0.05) is 17.3 Å². The average Bonchev–Trinajstić information content (AvgIpc) is 2.50. The van der Waals surface area contributed by atoms with E-state index in [1.54, 1.807) is 4.90 Å². The van der Waals surface area contributed by atoms with Gasteiger partial charge in [0.2, 0.25) is 0 Å². The van der Waals surface area contributed by atoms with Gasteiger partial charge in [0.1, 0.15) is 0 Å². The monoisotopic (exact) mass is 330 g/mol. The molecule has 0 fully saturated rings. The number of anilines is 1. The number of aryl methyl sites for hydroxylation is 1. The summed E-state index contributed by atoms with van der Waals surface area (Å²) in [5.41, 5.74) is 2.59. The third kappa shape index (κ3) is 4.26. The molecule has 0 atom stereocenters. The minimum absolute atomic E-state index is 0.115. The number of urea groups is 1. The highest BCUT2D eigenvalue weighted by molar-refractivity contribution is 6.30. The lowest BCUT2D eigenvalue weighted by Gasteiger charge is -2.31. The fourth-order valence-corrected chi connectivity index (χ4v) is 2.57. The van der Waals surface area contributed by atoms with Crippen LogP contribution < -0.4 is 10.2 Å². The van der Waals surface area contributed by atoms with Gasteiger partial charge in [0.15, 0.2) is 0 Å². The molecule has 0 aliphatic rings. The number of amides is 2. The molecular weight excluding hydrogens is 308 g/mol. The molecule has 2 amide bonds. The van der Waals surface area contributed by atoms with Crippen molar-refractivity contribution in [3.05, 3.63) is 64.7 Å². The SMILES string of the molecule is CCN(C(=O)NC(C)(C)c1ccc(Cl)cc1)c1ccc(C)cc1. The van der Waals surface area contributed by atoms with Crippen molar-refractivity contribution in [2.75, 3.05) is 11.4 Å². The maximum absolute atomic E-state index is 12.7. The molecule has 0 spiro atoms. The molecule has 4 heteroatoms. The van der Waals surface area contributed by atoms with Crippen LogP contribution in [-0.2, 0) is 5.54 Å². The number of carbonyl (C=O) groups is 1. The molecule has 0 aliphatic carbocycles. The Hall–Kier alpha value is -2.00. The van der Waals surface area contributed by atoms with Gasteiger partial charge in [-0.25, -0.2) is 4.79 Å². The second kappa shape index (κ2) is 7.05. The number of nitrogens with one attached hydrogen (secondary N) is 1. The van der Waals surface area contributed by atoms with Gasteiger partial charge < -0.3 is 5.32 Å². The van der Waals surface area contributed by atoms with E-state index in [0.29, 0.717) is 11.6 Å². The molecule has 2 aromatic rings. The third-order valence-corrected chi connectivity index (χ3v) is 4.14. The first-order valence-corrected chi connectivity index (χ1v) is 8.13. The predicted molar refractivity (Wildman–Crippen MR) is 97.2 cm³/mol. The highest BCUT2D eigenvalue weighted by Crippen LogP contribution is 2.23. The number of halogens is 1. The van der Waals surface area contributed by atoms with Crippen LogP contribution >= 0.6 is 11.6 Å². The van der Waals surface area contributed by atoms with Crippen LogP contribution in [0.4, 0.5) is 10.5 Å². The van der Waals surface area contributed by atoms with E-state index in [1.165, 1.54) is 5.56 Å². The van der Waals surface area contributed by atoms with Gasteiger partial charge in [-0.15, -0.1) is 0 Å². The molecule has 0 aliphatic heterocycles. The van der Waals surface area contributed by atoms with Crippen LogP contribution in [0.5, 0.6) is 0 Å². The average molecular weight is 331 g/mol. The molecule has 0 bridgehead atoms. The second-order valence-corrected chi connectivity index (χ2v) is 6.58. The van der Waals surface area contributed by atoms with E-state index < -0.39 is 5.54 Å². The van der Waals surface area contributed by atoms with Gasteiger partial charge >= 0.3 is 6.03 Å². The lowest BCUT2D eigenvalue weighted by molar-refractivity contribution is 0.236. The number of carbonyl (C=O) groups excluding carboxylic acids is 1. The quantitative estimate of drug-likeness (QED) is 0.829. The summed E-state index contributed by atoms with van der Waals surface area (Å²) < 4.78 is 0. The fraction of sp³-hybridized carbons (Fsp3) is 0.316. The van der Waals surface area contributed by atoms with Crippen molar-refractivity contribution in [1.29, 1.82) is 0 Å². The molecule has 2 aromatic carbocycles. The lowest BCUT2D eigenvalue weighted by atomic mass is 9.94. The first kappa shape index (κ1) is 17.4. The molecule has 0 radical (unpaired) electrons. The highest BCUT2D eigenvalue weighted by Gasteiger charge is 2.25. The zero-order valence-electron chi connectivity index (χ0n) is 14.1. The summed E-state index contributed by atoms with van der Waals surface area (Å²) in [5.74, 6) is 0. The minimum Gasteiger partial charge on any atom is -0.329 e. The molecule has 1 N–H and O–H groups in total. The molecule has 0 saturated carbocycles. The molecule has 0 aromatic heterocycles. The summed E-state index contributed by atoms with van der Waals surface area (Å²) in [7, 11) is 0. The van der Waals surface area contributed by atoms with Crippen LogP contribution in [-0.4, -0.2) is 12.6 Å². The van der Waals surface area contributed by atoms with E-state index in [-0.39, 0.29) is 6.03 Å². The topological polar surface area (TPSA) is 32.3 Å². The van der Waals surface area contributed by atoms with Crippen molar-refractivity contribution in [2.24, 2.45) is 0 Å². The molecule has 0 unspecified atom stereocenters. The second-order valence-electron chi connectivity index (χ2n) is 6.14. The Bertz CT molecular complexity index is 663. The zero-order chi connectivity index (χ0) is 17.0. The van der Waals surface area contributed by atoms with Crippen molar-refractivity contribution in [2.45, 2.75) is 33.2 Å². The van der Waals surface area contributed by atoms with E-state index in [0.717, 1.165) is 11.3 Å². The summed E-state index contributed by atoms with van der Waals surface area (Å²) in [6, 6.07) is 15.4. The zero-order valence-corrected chi connectivity index (χ0v) is 14.8. The number of nitrogens with zero attached hydrogens (tertiary/aromatic N) is 1. The highest BCUT2D eigenvalue weighted by atomic mass is 35.5. The van der Waals surface area contributed by atoms with Crippen molar-refractivity contribution in [3.63, 3.8) is 0 Å². The van der Waals surface area contributed by atoms with Gasteiger partial charge in [-0.05, 0) is 57.5 Å². The largest absolute Gasteiger partial charge is 0.329 e. The first-order valence-electron chi connectivity index (χ1n) is 7.76. The Labute approximate surface area is 143 Å². The smallest absolute Gasteiger partial charge is 0.322 e. The van der Waals surface area contributed by atoms with E-state index in [2.05, 4.69) is 5.32 Å². The number of hydrogen-bond donors (Lipinski definition) is 1. The van der Waals surface area contributed by atoms with E-state index in [1.807, 2.05) is 76.2 Å². The van der Waals surface area contributed by atoms with Gasteiger partial charge in [0.05, 0.1) is 5.54 Å². The van der Waals surface area contributed by atoms with Crippen LogP contribution in [0.1, 0.15) is 31.9 Å². The molecule has 23 heavy (non-hydrogen) atoms. The van der Waals surface area contributed by atoms with Crippen LogP contribution in [0.2, 0.25) is 5.02 Å². The molecular formula is C19H23ClN2O. The summed E-state index contributed by atoms with van der Waals surface area (Å²) in [6.45, 7) is 8.57. The van der Waals surface area contributed by atoms with Gasteiger partial charge in [-0.2, -0.15) is 0 Å². The lowest BCUT2D eigenvalue weighted by Crippen LogP contribution is -2.48. The molecule has 0 saturated heterocycles. The van der Waals surface area contributed by atoms with E-state index in [4.69, 9.17) is 11.6 Å². The van der Waals surface area contributed by atoms with Crippen molar-refractivity contribution < 1.29 is 4.79 Å². The Balaban J connectivity index is 2.18. The van der Waals surface area contributed by atoms with E-state index >= 15 is 0 Å². The van der Waals surface area contributed by atoms with Gasteiger partial charge in [-0.3, -0.25) is 4.90 Å².